The highest BCUT2D eigenvalue weighted by molar-refractivity contribution is 7.89. The van der Waals surface area contributed by atoms with Crippen LogP contribution in [0.4, 0.5) is 0 Å². The summed E-state index contributed by atoms with van der Waals surface area (Å²) < 4.78 is 27.1. The zero-order valence-electron chi connectivity index (χ0n) is 15.8. The topological polar surface area (TPSA) is 101 Å². The van der Waals surface area contributed by atoms with Crippen molar-refractivity contribution in [2.75, 3.05) is 26.2 Å². The van der Waals surface area contributed by atoms with E-state index in [4.69, 9.17) is 0 Å². The molecule has 0 spiro atoms. The average Bonchev–Trinajstić information content (AvgIpc) is 3.41. The zero-order valence-corrected chi connectivity index (χ0v) is 16.6. The summed E-state index contributed by atoms with van der Waals surface area (Å²) in [7, 11) is -3.62. The molecule has 27 heavy (non-hydrogen) atoms. The third kappa shape index (κ3) is 3.98. The Morgan fingerprint density at radius 2 is 1.67 bits per heavy atom. The van der Waals surface area contributed by atoms with E-state index in [9.17, 15) is 23.3 Å². The molecule has 1 saturated heterocycles. The summed E-state index contributed by atoms with van der Waals surface area (Å²) in [5.41, 5.74) is 1.00. The van der Waals surface area contributed by atoms with Gasteiger partial charge in [-0.1, -0.05) is 32.9 Å². The highest BCUT2D eigenvalue weighted by atomic mass is 32.2. The molecular formula is C18H25N3O5S. The number of carbonyl (C=O) groups excluding carboxylic acids is 1. The largest absolute Gasteiger partial charge is 0.340 e. The van der Waals surface area contributed by atoms with Crippen molar-refractivity contribution in [2.45, 2.75) is 43.5 Å². The first-order chi connectivity index (χ1) is 12.5. The Bertz CT molecular complexity index is 837. The zero-order chi connectivity index (χ0) is 20.0. The molecule has 148 valence electrons. The number of benzene rings is 1. The first-order valence-corrected chi connectivity index (χ1v) is 10.5. The Morgan fingerprint density at radius 1 is 1.11 bits per heavy atom. The van der Waals surface area contributed by atoms with Crippen molar-refractivity contribution in [1.82, 2.24) is 9.21 Å². The number of nitro groups is 1. The van der Waals surface area contributed by atoms with Crippen molar-refractivity contribution in [3.05, 3.63) is 39.9 Å². The highest BCUT2D eigenvalue weighted by Crippen LogP contribution is 2.35. The van der Waals surface area contributed by atoms with Gasteiger partial charge in [-0.3, -0.25) is 14.9 Å². The molecule has 1 aliphatic heterocycles. The Labute approximate surface area is 159 Å². The number of carbonyl (C=O) groups is 1. The lowest BCUT2D eigenvalue weighted by molar-refractivity contribution is -0.497. The maximum absolute atomic E-state index is 12.8. The van der Waals surface area contributed by atoms with Gasteiger partial charge in [0.15, 0.2) is 0 Å². The van der Waals surface area contributed by atoms with Crippen LogP contribution >= 0.6 is 0 Å². The molecular weight excluding hydrogens is 370 g/mol. The predicted molar refractivity (Wildman–Crippen MR) is 99.4 cm³/mol. The maximum Gasteiger partial charge on any atom is 0.243 e. The summed E-state index contributed by atoms with van der Waals surface area (Å²) in [6.45, 7) is 7.12. The summed E-state index contributed by atoms with van der Waals surface area (Å²) in [6, 6.07) is 6.13. The van der Waals surface area contributed by atoms with Gasteiger partial charge in [0.2, 0.25) is 22.0 Å². The van der Waals surface area contributed by atoms with E-state index in [1.165, 1.54) is 4.31 Å². The van der Waals surface area contributed by atoms with Gasteiger partial charge in [0.25, 0.3) is 0 Å². The number of piperazine rings is 1. The lowest BCUT2D eigenvalue weighted by Crippen LogP contribution is -2.51. The Balaban J connectivity index is 1.63. The van der Waals surface area contributed by atoms with Crippen molar-refractivity contribution in [3.63, 3.8) is 0 Å². The molecule has 1 heterocycles. The van der Waals surface area contributed by atoms with Crippen LogP contribution in [-0.4, -0.2) is 60.7 Å². The fourth-order valence-corrected chi connectivity index (χ4v) is 4.76. The molecule has 0 bridgehead atoms. The summed E-state index contributed by atoms with van der Waals surface area (Å²) in [5, 5.41) is 10.7. The van der Waals surface area contributed by atoms with Crippen LogP contribution in [0.2, 0.25) is 0 Å². The second-order valence-electron chi connectivity index (χ2n) is 8.20. The molecule has 0 unspecified atom stereocenters. The average molecular weight is 395 g/mol. The standard InChI is InChI=1S/C18H25N3O5S/c1-18(2,3)13-4-6-14(7-5-13)27(25,26)20-10-8-19(9-11-20)17(22)15-12-16(15)21(23)24/h4-7,15-16H,8-12H2,1-3H3/t15-,16+/m1/s1. The number of sulfonamides is 1. The molecule has 2 aliphatic rings. The minimum Gasteiger partial charge on any atom is -0.340 e. The third-order valence-electron chi connectivity index (χ3n) is 5.25. The molecule has 1 saturated carbocycles. The molecule has 3 rings (SSSR count). The molecule has 9 heteroatoms. The van der Waals surface area contributed by atoms with E-state index in [1.807, 2.05) is 12.1 Å². The van der Waals surface area contributed by atoms with E-state index >= 15 is 0 Å². The van der Waals surface area contributed by atoms with Gasteiger partial charge in [-0.25, -0.2) is 8.42 Å². The first kappa shape index (κ1) is 19.8. The van der Waals surface area contributed by atoms with Gasteiger partial charge >= 0.3 is 0 Å². The highest BCUT2D eigenvalue weighted by Gasteiger charge is 2.54. The van der Waals surface area contributed by atoms with Crippen LogP contribution in [-0.2, 0) is 20.2 Å². The van der Waals surface area contributed by atoms with E-state index < -0.39 is 26.9 Å². The molecule has 1 aliphatic carbocycles. The van der Waals surface area contributed by atoms with Crippen molar-refractivity contribution < 1.29 is 18.1 Å². The van der Waals surface area contributed by atoms with Crippen LogP contribution < -0.4 is 0 Å². The smallest absolute Gasteiger partial charge is 0.243 e. The van der Waals surface area contributed by atoms with Crippen LogP contribution in [0.3, 0.4) is 0 Å². The molecule has 1 aromatic carbocycles. The minimum absolute atomic E-state index is 0.0568. The van der Waals surface area contributed by atoms with Crippen LogP contribution in [0, 0.1) is 16.0 Å². The van der Waals surface area contributed by atoms with Gasteiger partial charge in [0.05, 0.1) is 4.90 Å². The summed E-state index contributed by atoms with van der Waals surface area (Å²) in [4.78, 5) is 24.4. The molecule has 2 atom stereocenters. The molecule has 2 fully saturated rings. The van der Waals surface area contributed by atoms with Gasteiger partial charge in [0, 0.05) is 37.5 Å². The van der Waals surface area contributed by atoms with Crippen molar-refractivity contribution in [1.29, 1.82) is 0 Å². The molecule has 0 aromatic heterocycles. The van der Waals surface area contributed by atoms with Crippen LogP contribution in [0.25, 0.3) is 0 Å². The molecule has 0 radical (unpaired) electrons. The van der Waals surface area contributed by atoms with Gasteiger partial charge in [-0.2, -0.15) is 4.31 Å². The fourth-order valence-electron chi connectivity index (χ4n) is 3.34. The van der Waals surface area contributed by atoms with E-state index in [2.05, 4.69) is 20.8 Å². The van der Waals surface area contributed by atoms with Gasteiger partial charge in [-0.05, 0) is 23.1 Å². The van der Waals surface area contributed by atoms with Gasteiger partial charge in [0.1, 0.15) is 5.92 Å². The van der Waals surface area contributed by atoms with Gasteiger partial charge < -0.3 is 4.90 Å². The van der Waals surface area contributed by atoms with E-state index in [0.717, 1.165) is 5.56 Å². The number of hydrogen-bond acceptors (Lipinski definition) is 5. The second kappa shape index (κ2) is 6.87. The SMILES string of the molecule is CC(C)(C)c1ccc(S(=O)(=O)N2CCN(C(=O)[C@@H]3C[C@@H]3[N+](=O)[O-])CC2)cc1. The van der Waals surface area contributed by atoms with E-state index in [0.29, 0.717) is 0 Å². The first-order valence-electron chi connectivity index (χ1n) is 9.05. The summed E-state index contributed by atoms with van der Waals surface area (Å²) in [5.74, 6) is -0.781. The Morgan fingerprint density at radius 3 is 2.11 bits per heavy atom. The fraction of sp³-hybridized carbons (Fsp3) is 0.611. The lowest BCUT2D eigenvalue weighted by atomic mass is 9.87. The predicted octanol–water partition coefficient (Wildman–Crippen LogP) is 1.48. The number of rotatable bonds is 4. The molecule has 8 nitrogen and oxygen atoms in total. The van der Waals surface area contributed by atoms with E-state index in [1.54, 1.807) is 17.0 Å². The number of nitrogens with zero attached hydrogens (tertiary/aromatic N) is 3. The van der Waals surface area contributed by atoms with E-state index in [-0.39, 0.29) is 48.8 Å². The quantitative estimate of drug-likeness (QED) is 0.568. The van der Waals surface area contributed by atoms with Gasteiger partial charge in [-0.15, -0.1) is 0 Å². The van der Waals surface area contributed by atoms with Crippen LogP contribution in [0.1, 0.15) is 32.8 Å². The normalized spacial score (nSPS) is 23.9. The minimum atomic E-state index is -3.62. The summed E-state index contributed by atoms with van der Waals surface area (Å²) >= 11 is 0. The molecule has 1 aromatic rings. The molecule has 0 N–H and O–H groups in total. The summed E-state index contributed by atoms with van der Waals surface area (Å²) in [6.07, 6.45) is 0.282. The van der Waals surface area contributed by atoms with Crippen molar-refractivity contribution >= 4 is 15.9 Å². The third-order valence-corrected chi connectivity index (χ3v) is 7.17. The Hall–Kier alpha value is -2.00. The Kier molecular flexibility index (Phi) is 5.02. The van der Waals surface area contributed by atoms with Crippen molar-refractivity contribution in [2.24, 2.45) is 5.92 Å². The van der Waals surface area contributed by atoms with Crippen molar-refractivity contribution in [3.8, 4) is 0 Å². The molecule has 1 amide bonds. The van der Waals surface area contributed by atoms with Crippen LogP contribution in [0.15, 0.2) is 29.2 Å². The lowest BCUT2D eigenvalue weighted by Gasteiger charge is -2.34. The number of hydrogen-bond donors (Lipinski definition) is 0. The number of amides is 1. The monoisotopic (exact) mass is 395 g/mol. The maximum atomic E-state index is 12.8. The van der Waals surface area contributed by atoms with Crippen LogP contribution in [0.5, 0.6) is 0 Å². The second-order valence-corrected chi connectivity index (χ2v) is 10.1.